The van der Waals surface area contributed by atoms with Crippen LogP contribution in [0.3, 0.4) is 0 Å². The number of hydrogen-bond acceptors (Lipinski definition) is 4. The van der Waals surface area contributed by atoms with E-state index in [0.29, 0.717) is 11.8 Å². The van der Waals surface area contributed by atoms with Crippen LogP contribution in [0.15, 0.2) is 36.4 Å². The molecule has 0 aliphatic rings. The van der Waals surface area contributed by atoms with Gasteiger partial charge in [-0.3, -0.25) is 9.97 Å². The number of imidazole rings is 2. The fourth-order valence-electron chi connectivity index (χ4n) is 4.44. The van der Waals surface area contributed by atoms with Gasteiger partial charge in [-0.05, 0) is 37.8 Å². The van der Waals surface area contributed by atoms with Crippen LogP contribution in [-0.2, 0) is 26.5 Å². The first-order valence-corrected chi connectivity index (χ1v) is 12.6. The number of hydrogen-bond donors (Lipinski definition) is 0. The summed E-state index contributed by atoms with van der Waals surface area (Å²) in [5.74, 6) is 2.43. The minimum Gasteiger partial charge on any atom is -0.415 e. The summed E-state index contributed by atoms with van der Waals surface area (Å²) in [6, 6.07) is 12.2. The summed E-state index contributed by atoms with van der Waals surface area (Å²) < 4.78 is 3.93. The van der Waals surface area contributed by atoms with Gasteiger partial charge in [-0.1, -0.05) is 101 Å². The van der Waals surface area contributed by atoms with E-state index in [9.17, 15) is 0 Å². The van der Waals surface area contributed by atoms with Gasteiger partial charge in [0.25, 0.3) is 0 Å². The van der Waals surface area contributed by atoms with Crippen molar-refractivity contribution in [3.05, 3.63) is 83.2 Å². The Morgan fingerprint density at radius 2 is 1.14 bits per heavy atom. The molecular formula is C29H36N6Pt. The molecule has 0 aliphatic heterocycles. The average Bonchev–Trinajstić information content (AvgIpc) is 3.45. The van der Waals surface area contributed by atoms with Crippen LogP contribution in [0.25, 0.3) is 11.6 Å². The molecule has 7 heteroatoms. The Labute approximate surface area is 229 Å². The van der Waals surface area contributed by atoms with Gasteiger partial charge < -0.3 is 19.1 Å². The van der Waals surface area contributed by atoms with Gasteiger partial charge in [-0.15, -0.1) is 0 Å². The van der Waals surface area contributed by atoms with E-state index in [4.69, 9.17) is 9.97 Å². The molecule has 0 amide bonds. The molecule has 36 heavy (non-hydrogen) atoms. The SMILES string of the molecule is CCC(C)c1n[c-]n(-c2cccc(C(C)(C)c3cccc(-n4[c-]nc(C(C)CC)c4C)n3)n2)c1C.[Pt+2]. The molecule has 4 rings (SSSR count). The summed E-state index contributed by atoms with van der Waals surface area (Å²) in [4.78, 5) is 19.2. The van der Waals surface area contributed by atoms with Gasteiger partial charge in [0, 0.05) is 29.5 Å². The van der Waals surface area contributed by atoms with Crippen LogP contribution >= 0.6 is 0 Å². The fourth-order valence-corrected chi connectivity index (χ4v) is 4.44. The van der Waals surface area contributed by atoms with Crippen LogP contribution in [0.5, 0.6) is 0 Å². The minimum atomic E-state index is -0.409. The molecule has 0 aromatic carbocycles. The van der Waals surface area contributed by atoms with E-state index in [1.807, 2.05) is 33.4 Å². The molecule has 0 saturated carbocycles. The molecule has 2 unspecified atom stereocenters. The maximum absolute atomic E-state index is 5.03. The van der Waals surface area contributed by atoms with E-state index in [0.717, 1.165) is 58.6 Å². The van der Waals surface area contributed by atoms with Crippen molar-refractivity contribution in [1.29, 1.82) is 0 Å². The maximum atomic E-state index is 5.03. The molecule has 0 bridgehead atoms. The first-order valence-electron chi connectivity index (χ1n) is 12.6. The van der Waals surface area contributed by atoms with E-state index in [2.05, 4.69) is 90.1 Å². The summed E-state index contributed by atoms with van der Waals surface area (Å²) in [6.07, 6.45) is 8.39. The number of aromatic nitrogens is 6. The third kappa shape index (κ3) is 5.11. The Kier molecular flexibility index (Phi) is 8.71. The summed E-state index contributed by atoms with van der Waals surface area (Å²) in [7, 11) is 0. The number of rotatable bonds is 8. The second-order valence-corrected chi connectivity index (χ2v) is 10.0. The topological polar surface area (TPSA) is 61.4 Å². The van der Waals surface area contributed by atoms with Crippen molar-refractivity contribution >= 4 is 0 Å². The van der Waals surface area contributed by atoms with Crippen molar-refractivity contribution in [1.82, 2.24) is 29.1 Å². The summed E-state index contributed by atoms with van der Waals surface area (Å²) in [5, 5.41) is 0. The van der Waals surface area contributed by atoms with Crippen molar-refractivity contribution in [2.45, 2.75) is 85.5 Å². The monoisotopic (exact) mass is 663 g/mol. The Balaban J connectivity index is 0.00000361. The van der Waals surface area contributed by atoms with Gasteiger partial charge in [0.2, 0.25) is 0 Å². The van der Waals surface area contributed by atoms with Crippen LogP contribution in [0.4, 0.5) is 0 Å². The second kappa shape index (κ2) is 11.2. The van der Waals surface area contributed by atoms with E-state index >= 15 is 0 Å². The third-order valence-electron chi connectivity index (χ3n) is 7.32. The largest absolute Gasteiger partial charge is 2.00 e. The molecule has 6 nitrogen and oxygen atoms in total. The molecule has 0 saturated heterocycles. The number of pyridine rings is 2. The van der Waals surface area contributed by atoms with Gasteiger partial charge in [0.15, 0.2) is 0 Å². The van der Waals surface area contributed by atoms with Crippen LogP contribution in [0, 0.1) is 26.5 Å². The van der Waals surface area contributed by atoms with Crippen LogP contribution in [-0.4, -0.2) is 29.1 Å². The molecule has 0 fully saturated rings. The van der Waals surface area contributed by atoms with Crippen LogP contribution < -0.4 is 0 Å². The molecular weight excluding hydrogens is 627 g/mol. The Morgan fingerprint density at radius 3 is 1.50 bits per heavy atom. The molecule has 0 spiro atoms. The first-order chi connectivity index (χ1) is 16.7. The van der Waals surface area contributed by atoms with Crippen molar-refractivity contribution in [2.24, 2.45) is 0 Å². The molecule has 2 atom stereocenters. The third-order valence-corrected chi connectivity index (χ3v) is 7.32. The zero-order chi connectivity index (χ0) is 25.3. The molecule has 4 aromatic rings. The van der Waals surface area contributed by atoms with E-state index in [1.165, 1.54) is 0 Å². The van der Waals surface area contributed by atoms with Crippen molar-refractivity contribution in [2.75, 3.05) is 0 Å². The standard InChI is InChI=1S/C29H36N6.Pt/c1-9-19(3)27-21(5)34(17-30-27)25-15-11-13-23(32-25)29(7,8)24-14-12-16-26(33-24)35-18-31-28(22(35)6)20(4)10-2;/h11-16,19-20H,9-10H2,1-8H3;/q-2;+2. The molecule has 0 N–H and O–H groups in total. The van der Waals surface area contributed by atoms with E-state index in [-0.39, 0.29) is 21.1 Å². The van der Waals surface area contributed by atoms with E-state index < -0.39 is 5.41 Å². The molecule has 0 radical (unpaired) electrons. The normalized spacial score (nSPS) is 13.3. The quantitative estimate of drug-likeness (QED) is 0.205. The summed E-state index contributed by atoms with van der Waals surface area (Å²) in [6.45, 7) is 17.3. The average molecular weight is 664 g/mol. The second-order valence-electron chi connectivity index (χ2n) is 10.0. The fraction of sp³-hybridized carbons (Fsp3) is 0.448. The van der Waals surface area contributed by atoms with Gasteiger partial charge in [0.05, 0.1) is 11.6 Å². The Hall–Kier alpha value is -2.59. The molecule has 4 aromatic heterocycles. The summed E-state index contributed by atoms with van der Waals surface area (Å²) in [5.41, 5.74) is 5.81. The molecule has 192 valence electrons. The molecule has 0 aliphatic carbocycles. The Morgan fingerprint density at radius 1 is 0.750 bits per heavy atom. The first kappa shape index (κ1) is 28.0. The predicted octanol–water partition coefficient (Wildman–Crippen LogP) is 6.42. The smallest absolute Gasteiger partial charge is 0.415 e. The van der Waals surface area contributed by atoms with Crippen molar-refractivity contribution < 1.29 is 21.1 Å². The summed E-state index contributed by atoms with van der Waals surface area (Å²) >= 11 is 0. The van der Waals surface area contributed by atoms with Gasteiger partial charge in [-0.2, -0.15) is 0 Å². The zero-order valence-electron chi connectivity index (χ0n) is 22.5. The van der Waals surface area contributed by atoms with Crippen molar-refractivity contribution in [3.8, 4) is 11.6 Å². The van der Waals surface area contributed by atoms with Crippen molar-refractivity contribution in [3.63, 3.8) is 0 Å². The van der Waals surface area contributed by atoms with Gasteiger partial charge in [0.1, 0.15) is 0 Å². The number of nitrogens with zero attached hydrogens (tertiary/aromatic N) is 6. The van der Waals surface area contributed by atoms with Crippen LogP contribution in [0.2, 0.25) is 0 Å². The predicted molar refractivity (Wildman–Crippen MR) is 139 cm³/mol. The zero-order valence-corrected chi connectivity index (χ0v) is 24.8. The Bertz CT molecular complexity index is 1220. The van der Waals surface area contributed by atoms with E-state index in [1.54, 1.807) is 0 Å². The van der Waals surface area contributed by atoms with Gasteiger partial charge in [-0.25, -0.2) is 0 Å². The van der Waals surface area contributed by atoms with Gasteiger partial charge >= 0.3 is 21.1 Å². The maximum Gasteiger partial charge on any atom is 2.00 e. The molecule has 4 heterocycles. The van der Waals surface area contributed by atoms with Crippen LogP contribution in [0.1, 0.15) is 100 Å². The minimum absolute atomic E-state index is 0.